The minimum absolute atomic E-state index is 0.0843. The van der Waals surface area contributed by atoms with Crippen molar-refractivity contribution in [2.45, 2.75) is 31.7 Å². The Hall–Kier alpha value is -2.90. The number of carbonyl (C=O) groups excluding carboxylic acids is 1. The number of benzene rings is 2. The highest BCUT2D eigenvalue weighted by Gasteiger charge is 2.19. The van der Waals surface area contributed by atoms with Crippen LogP contribution in [0.3, 0.4) is 0 Å². The summed E-state index contributed by atoms with van der Waals surface area (Å²) in [4.78, 5) is 16.2. The molecule has 0 bridgehead atoms. The van der Waals surface area contributed by atoms with Crippen molar-refractivity contribution in [1.82, 2.24) is 19.7 Å². The number of thioether (sulfide) groups is 1. The van der Waals surface area contributed by atoms with Crippen molar-refractivity contribution in [2.75, 3.05) is 5.75 Å². The van der Waals surface area contributed by atoms with Gasteiger partial charge in [0.05, 0.1) is 10.6 Å². The van der Waals surface area contributed by atoms with E-state index < -0.39 is 0 Å². The number of amides is 1. The lowest BCUT2D eigenvalue weighted by molar-refractivity contribution is -0.129. The van der Waals surface area contributed by atoms with Crippen molar-refractivity contribution in [3.05, 3.63) is 89.3 Å². The molecule has 7 heteroatoms. The standard InChI is InChI=1S/C24H24N4OS2/c1-2-28-23(21-14-9-15-30-21)25-26-24(28)31-18-22(29)27(16-19-10-5-3-6-11-19)17-20-12-7-4-8-13-20/h3-15H,2,16-18H2,1H3. The van der Waals surface area contributed by atoms with Crippen LogP contribution in [-0.4, -0.2) is 31.3 Å². The Kier molecular flexibility index (Phi) is 7.17. The molecule has 0 spiro atoms. The van der Waals surface area contributed by atoms with E-state index in [0.29, 0.717) is 18.8 Å². The largest absolute Gasteiger partial charge is 0.333 e. The average molecular weight is 449 g/mol. The molecular formula is C24H24N4OS2. The van der Waals surface area contributed by atoms with Gasteiger partial charge in [-0.3, -0.25) is 4.79 Å². The van der Waals surface area contributed by atoms with E-state index in [1.165, 1.54) is 11.8 Å². The summed E-state index contributed by atoms with van der Waals surface area (Å²) in [6.45, 7) is 3.99. The second-order valence-electron chi connectivity index (χ2n) is 7.04. The first kappa shape index (κ1) is 21.3. The highest BCUT2D eigenvalue weighted by molar-refractivity contribution is 7.99. The lowest BCUT2D eigenvalue weighted by Crippen LogP contribution is -2.31. The molecule has 0 aliphatic heterocycles. The second-order valence-corrected chi connectivity index (χ2v) is 8.93. The normalized spacial score (nSPS) is 10.9. The fraction of sp³-hybridized carbons (Fsp3) is 0.208. The summed E-state index contributed by atoms with van der Waals surface area (Å²) in [5.74, 6) is 1.27. The molecule has 0 aliphatic rings. The molecule has 2 heterocycles. The van der Waals surface area contributed by atoms with Crippen LogP contribution in [0, 0.1) is 0 Å². The van der Waals surface area contributed by atoms with Gasteiger partial charge in [0.1, 0.15) is 0 Å². The Morgan fingerprint density at radius 1 is 0.935 bits per heavy atom. The average Bonchev–Trinajstić information content (AvgIpc) is 3.48. The van der Waals surface area contributed by atoms with Gasteiger partial charge in [-0.15, -0.1) is 21.5 Å². The first-order valence-electron chi connectivity index (χ1n) is 10.2. The fourth-order valence-electron chi connectivity index (χ4n) is 3.33. The van der Waals surface area contributed by atoms with Gasteiger partial charge in [-0.1, -0.05) is 78.5 Å². The quantitative estimate of drug-likeness (QED) is 0.324. The molecule has 0 saturated carbocycles. The fourth-order valence-corrected chi connectivity index (χ4v) is 4.95. The maximum absolute atomic E-state index is 13.2. The molecule has 0 unspecified atom stereocenters. The van der Waals surface area contributed by atoms with Gasteiger partial charge >= 0.3 is 0 Å². The third kappa shape index (κ3) is 5.42. The van der Waals surface area contributed by atoms with E-state index in [-0.39, 0.29) is 5.91 Å². The minimum atomic E-state index is 0.0843. The molecule has 0 N–H and O–H groups in total. The van der Waals surface area contributed by atoms with Crippen LogP contribution in [0.4, 0.5) is 0 Å². The Morgan fingerprint density at radius 3 is 2.13 bits per heavy atom. The molecule has 4 aromatic rings. The van der Waals surface area contributed by atoms with Gasteiger partial charge < -0.3 is 9.47 Å². The third-order valence-corrected chi connectivity index (χ3v) is 6.70. The van der Waals surface area contributed by atoms with Crippen molar-refractivity contribution in [3.63, 3.8) is 0 Å². The zero-order valence-electron chi connectivity index (χ0n) is 17.3. The zero-order chi connectivity index (χ0) is 21.5. The Morgan fingerprint density at radius 2 is 1.58 bits per heavy atom. The maximum Gasteiger partial charge on any atom is 0.233 e. The van der Waals surface area contributed by atoms with E-state index in [2.05, 4.69) is 46.0 Å². The molecule has 0 fully saturated rings. The number of nitrogens with zero attached hydrogens (tertiary/aromatic N) is 4. The van der Waals surface area contributed by atoms with Crippen molar-refractivity contribution in [3.8, 4) is 10.7 Å². The number of thiophene rings is 1. The SMILES string of the molecule is CCn1c(SCC(=O)N(Cc2ccccc2)Cc2ccccc2)nnc1-c1cccs1. The molecule has 0 atom stereocenters. The molecule has 0 saturated heterocycles. The molecule has 2 aromatic heterocycles. The predicted octanol–water partition coefficient (Wildman–Crippen LogP) is 5.35. The van der Waals surface area contributed by atoms with E-state index in [1.807, 2.05) is 58.8 Å². The summed E-state index contributed by atoms with van der Waals surface area (Å²) >= 11 is 3.09. The van der Waals surface area contributed by atoms with Gasteiger partial charge in [-0.05, 0) is 29.5 Å². The van der Waals surface area contributed by atoms with Crippen LogP contribution in [0.5, 0.6) is 0 Å². The summed E-state index contributed by atoms with van der Waals surface area (Å²) in [5, 5.41) is 11.5. The third-order valence-electron chi connectivity index (χ3n) is 4.88. The number of hydrogen-bond acceptors (Lipinski definition) is 5. The molecule has 2 aromatic carbocycles. The lowest BCUT2D eigenvalue weighted by Gasteiger charge is -2.23. The summed E-state index contributed by atoms with van der Waals surface area (Å²) in [7, 11) is 0. The number of aromatic nitrogens is 3. The summed E-state index contributed by atoms with van der Waals surface area (Å²) in [6.07, 6.45) is 0. The number of hydrogen-bond donors (Lipinski definition) is 0. The number of rotatable bonds is 9. The molecular weight excluding hydrogens is 424 g/mol. The summed E-state index contributed by atoms with van der Waals surface area (Å²) in [6, 6.07) is 24.3. The van der Waals surface area contributed by atoms with Gasteiger partial charge in [0.2, 0.25) is 5.91 Å². The first-order valence-corrected chi connectivity index (χ1v) is 12.1. The van der Waals surface area contributed by atoms with Crippen LogP contribution in [0.2, 0.25) is 0 Å². The van der Waals surface area contributed by atoms with Gasteiger partial charge in [0, 0.05) is 19.6 Å². The summed E-state index contributed by atoms with van der Waals surface area (Å²) < 4.78 is 2.07. The van der Waals surface area contributed by atoms with E-state index in [0.717, 1.165) is 33.5 Å². The monoisotopic (exact) mass is 448 g/mol. The highest BCUT2D eigenvalue weighted by atomic mass is 32.2. The first-order chi connectivity index (χ1) is 15.2. The van der Waals surface area contributed by atoms with Crippen molar-refractivity contribution >= 4 is 29.0 Å². The van der Waals surface area contributed by atoms with E-state index in [1.54, 1.807) is 11.3 Å². The van der Waals surface area contributed by atoms with Crippen LogP contribution in [0.1, 0.15) is 18.1 Å². The molecule has 4 rings (SSSR count). The van der Waals surface area contributed by atoms with Crippen molar-refractivity contribution in [2.24, 2.45) is 0 Å². The highest BCUT2D eigenvalue weighted by Crippen LogP contribution is 2.27. The Balaban J connectivity index is 1.48. The molecule has 0 radical (unpaired) electrons. The molecule has 1 amide bonds. The van der Waals surface area contributed by atoms with Crippen molar-refractivity contribution in [1.29, 1.82) is 0 Å². The molecule has 5 nitrogen and oxygen atoms in total. The Bertz CT molecular complexity index is 1050. The lowest BCUT2D eigenvalue weighted by atomic mass is 10.1. The molecule has 0 aliphatic carbocycles. The van der Waals surface area contributed by atoms with E-state index in [4.69, 9.17) is 0 Å². The van der Waals surface area contributed by atoms with E-state index >= 15 is 0 Å². The predicted molar refractivity (Wildman–Crippen MR) is 127 cm³/mol. The van der Waals surface area contributed by atoms with E-state index in [9.17, 15) is 4.79 Å². The summed E-state index contributed by atoms with van der Waals surface area (Å²) in [5.41, 5.74) is 2.24. The van der Waals surface area contributed by atoms with Crippen LogP contribution in [0.25, 0.3) is 10.7 Å². The molecule has 158 valence electrons. The number of carbonyl (C=O) groups is 1. The van der Waals surface area contributed by atoms with Crippen LogP contribution < -0.4 is 0 Å². The Labute approximate surface area is 190 Å². The van der Waals surface area contributed by atoms with Crippen molar-refractivity contribution < 1.29 is 4.79 Å². The zero-order valence-corrected chi connectivity index (χ0v) is 19.0. The van der Waals surface area contributed by atoms with Crippen LogP contribution >= 0.6 is 23.1 Å². The van der Waals surface area contributed by atoms with Gasteiger partial charge in [-0.2, -0.15) is 0 Å². The smallest absolute Gasteiger partial charge is 0.233 e. The van der Waals surface area contributed by atoms with Crippen LogP contribution in [-0.2, 0) is 24.4 Å². The van der Waals surface area contributed by atoms with Gasteiger partial charge in [-0.25, -0.2) is 0 Å². The topological polar surface area (TPSA) is 51.0 Å². The van der Waals surface area contributed by atoms with Gasteiger partial charge in [0.25, 0.3) is 0 Å². The van der Waals surface area contributed by atoms with Gasteiger partial charge in [0.15, 0.2) is 11.0 Å². The maximum atomic E-state index is 13.2. The molecule has 31 heavy (non-hydrogen) atoms. The van der Waals surface area contributed by atoms with Crippen LogP contribution in [0.15, 0.2) is 83.3 Å². The minimum Gasteiger partial charge on any atom is -0.333 e. The second kappa shape index (κ2) is 10.4.